The van der Waals surface area contributed by atoms with Crippen molar-refractivity contribution >= 4 is 28.0 Å². The molecule has 0 unspecified atom stereocenters. The molecule has 0 fully saturated rings. The Morgan fingerprint density at radius 1 is 0.667 bits per heavy atom. The minimum absolute atomic E-state index is 0.0210. The number of benzene rings is 4. The molecule has 4 aromatic rings. The average molecular weight is 629 g/mol. The molecule has 224 valence electrons. The second-order valence-corrected chi connectivity index (χ2v) is 10.6. The number of hydrogen-bond donors (Lipinski definition) is 0. The first-order valence-corrected chi connectivity index (χ1v) is 13.9. The molecule has 0 spiro atoms. The maximum Gasteiger partial charge on any atom is 0.573 e. The van der Waals surface area contributed by atoms with Crippen LogP contribution in [0.25, 0.3) is 59.1 Å². The number of fused-ring (bicyclic) bond motifs is 4. The van der Waals surface area contributed by atoms with Gasteiger partial charge in [0.15, 0.2) is 5.69 Å². The van der Waals surface area contributed by atoms with Crippen LogP contribution in [0.2, 0.25) is 0 Å². The van der Waals surface area contributed by atoms with Gasteiger partial charge in [0.25, 0.3) is 11.4 Å². The largest absolute Gasteiger partial charge is 0.573 e. The highest BCUT2D eigenvalue weighted by molar-refractivity contribution is 6.37. The van der Waals surface area contributed by atoms with Crippen molar-refractivity contribution in [1.29, 1.82) is 15.8 Å². The van der Waals surface area contributed by atoms with Gasteiger partial charge in [0.2, 0.25) is 0 Å². The van der Waals surface area contributed by atoms with Crippen molar-refractivity contribution in [2.24, 2.45) is 0 Å². The van der Waals surface area contributed by atoms with Crippen molar-refractivity contribution in [2.75, 3.05) is 0 Å². The van der Waals surface area contributed by atoms with Crippen molar-refractivity contribution in [3.63, 3.8) is 0 Å². The Morgan fingerprint density at radius 3 is 1.65 bits per heavy atom. The fraction of sp³-hybridized carbons (Fsp3) is 0.0526. The van der Waals surface area contributed by atoms with E-state index in [9.17, 15) is 29.0 Å². The van der Waals surface area contributed by atoms with E-state index in [-0.39, 0.29) is 33.8 Å². The predicted octanol–water partition coefficient (Wildman–Crippen LogP) is 9.90. The molecular weight excluding hydrogens is 613 g/mol. The number of halogens is 3. The summed E-state index contributed by atoms with van der Waals surface area (Å²) in [6.45, 7) is 24.7. The Balaban J connectivity index is 1.61. The molecule has 0 heterocycles. The van der Waals surface area contributed by atoms with Gasteiger partial charge in [0, 0.05) is 16.7 Å². The van der Waals surface area contributed by atoms with Crippen LogP contribution >= 0.6 is 0 Å². The van der Waals surface area contributed by atoms with Crippen LogP contribution in [-0.2, 0) is 0 Å². The number of rotatable bonds is 3. The molecule has 10 heteroatoms. The smallest absolute Gasteiger partial charge is 0.406 e. The normalized spacial score (nSPS) is 14.5. The maximum absolute atomic E-state index is 13.4. The molecule has 7 nitrogen and oxygen atoms in total. The first-order valence-electron chi connectivity index (χ1n) is 13.9. The molecule has 0 amide bonds. The van der Waals surface area contributed by atoms with Crippen molar-refractivity contribution < 1.29 is 17.9 Å². The molecule has 2 aliphatic carbocycles. The number of ether oxygens (including phenoxy) is 1. The number of allylic oxidation sites excluding steroid dienone is 6. The molecule has 4 aromatic carbocycles. The van der Waals surface area contributed by atoms with E-state index >= 15 is 0 Å². The Labute approximate surface area is 272 Å². The minimum Gasteiger partial charge on any atom is -0.406 e. The standard InChI is InChI=1S/C38H15F3N6O/c1-20-13-21(17-42)5-9-25(20)22-6-10-27-29(14-22)34(31(18-43)46-3)37-28-11-7-23(15-30(28)35(36(27)37)32(19-44)47-4)26-12-8-24(45-2)16-33(26)48-38(39,40)41/h5-16H,1H3/b34-31-,35-32+. The van der Waals surface area contributed by atoms with E-state index in [0.717, 1.165) is 22.8 Å². The van der Waals surface area contributed by atoms with Gasteiger partial charge in [-0.2, -0.15) is 5.26 Å². The summed E-state index contributed by atoms with van der Waals surface area (Å²) < 4.78 is 44.4. The third-order valence-electron chi connectivity index (χ3n) is 8.07. The molecule has 0 saturated carbocycles. The zero-order valence-electron chi connectivity index (χ0n) is 24.7. The zero-order valence-corrected chi connectivity index (χ0v) is 24.7. The summed E-state index contributed by atoms with van der Waals surface area (Å²) in [7, 11) is 0. The highest BCUT2D eigenvalue weighted by atomic mass is 19.4. The summed E-state index contributed by atoms with van der Waals surface area (Å²) in [5.41, 5.74) is 5.99. The first-order chi connectivity index (χ1) is 23.1. The van der Waals surface area contributed by atoms with Crippen LogP contribution in [0, 0.1) is 60.6 Å². The average Bonchev–Trinajstić information content (AvgIpc) is 3.57. The minimum atomic E-state index is -5.04. The lowest BCUT2D eigenvalue weighted by molar-refractivity contribution is -0.274. The summed E-state index contributed by atoms with van der Waals surface area (Å²) in [5, 5.41) is 29.5. The van der Waals surface area contributed by atoms with Crippen LogP contribution < -0.4 is 4.74 Å². The molecule has 0 atom stereocenters. The molecule has 0 radical (unpaired) electrons. The Kier molecular flexibility index (Phi) is 7.36. The fourth-order valence-electron chi connectivity index (χ4n) is 6.18. The molecule has 0 saturated heterocycles. The molecular formula is C38H15F3N6O. The third-order valence-corrected chi connectivity index (χ3v) is 8.07. The second-order valence-electron chi connectivity index (χ2n) is 10.6. The summed E-state index contributed by atoms with van der Waals surface area (Å²) in [6.07, 6.45) is -5.04. The van der Waals surface area contributed by atoms with Gasteiger partial charge in [-0.15, -0.1) is 13.2 Å². The van der Waals surface area contributed by atoms with Crippen molar-refractivity contribution in [2.45, 2.75) is 13.3 Å². The van der Waals surface area contributed by atoms with Gasteiger partial charge in [0.05, 0.1) is 43.5 Å². The fourth-order valence-corrected chi connectivity index (χ4v) is 6.18. The Morgan fingerprint density at radius 2 is 1.19 bits per heavy atom. The lowest BCUT2D eigenvalue weighted by Gasteiger charge is -2.17. The molecule has 0 N–H and O–H groups in total. The van der Waals surface area contributed by atoms with Gasteiger partial charge in [0.1, 0.15) is 5.75 Å². The Hall–Kier alpha value is -7.37. The highest BCUT2D eigenvalue weighted by Gasteiger charge is 2.40. The van der Waals surface area contributed by atoms with Gasteiger partial charge >= 0.3 is 6.36 Å². The van der Waals surface area contributed by atoms with E-state index in [1.165, 1.54) is 18.2 Å². The maximum atomic E-state index is 13.4. The number of nitriles is 3. The van der Waals surface area contributed by atoms with Crippen LogP contribution in [0.4, 0.5) is 18.9 Å². The van der Waals surface area contributed by atoms with Crippen LogP contribution in [-0.4, -0.2) is 6.36 Å². The number of hydrogen-bond acceptors (Lipinski definition) is 4. The van der Waals surface area contributed by atoms with Crippen molar-refractivity contribution in [1.82, 2.24) is 0 Å². The van der Waals surface area contributed by atoms with E-state index in [4.69, 9.17) is 19.7 Å². The van der Waals surface area contributed by atoms with E-state index in [1.807, 2.05) is 37.3 Å². The lowest BCUT2D eigenvalue weighted by Crippen LogP contribution is -2.17. The quantitative estimate of drug-likeness (QED) is 0.167. The van der Waals surface area contributed by atoms with Crippen LogP contribution in [0.1, 0.15) is 33.4 Å². The zero-order chi connectivity index (χ0) is 34.3. The number of alkyl halides is 3. The topological polar surface area (TPSA) is 93.7 Å². The summed E-state index contributed by atoms with van der Waals surface area (Å²) in [6, 6.07) is 25.1. The van der Waals surface area contributed by atoms with Gasteiger partial charge in [-0.1, -0.05) is 42.5 Å². The van der Waals surface area contributed by atoms with Gasteiger partial charge < -0.3 is 4.74 Å². The number of nitrogens with zero attached hydrogens (tertiary/aromatic N) is 6. The summed E-state index contributed by atoms with van der Waals surface area (Å²) >= 11 is 0. The summed E-state index contributed by atoms with van der Waals surface area (Å²) in [4.78, 5) is 10.2. The lowest BCUT2D eigenvalue weighted by atomic mass is 9.87. The second kappa shape index (κ2) is 11.5. The molecule has 2 aliphatic rings. The predicted molar refractivity (Wildman–Crippen MR) is 171 cm³/mol. The van der Waals surface area contributed by atoms with Gasteiger partial charge in [-0.05, 0) is 92.9 Å². The van der Waals surface area contributed by atoms with Crippen LogP contribution in [0.3, 0.4) is 0 Å². The molecule has 0 aromatic heterocycles. The van der Waals surface area contributed by atoms with Gasteiger partial charge in [-0.25, -0.2) is 25.1 Å². The van der Waals surface area contributed by atoms with Crippen LogP contribution in [0.15, 0.2) is 84.2 Å². The van der Waals surface area contributed by atoms with E-state index < -0.39 is 12.1 Å². The van der Waals surface area contributed by atoms with E-state index in [2.05, 4.69) is 25.3 Å². The molecule has 0 bridgehead atoms. The van der Waals surface area contributed by atoms with E-state index in [0.29, 0.717) is 44.5 Å². The molecule has 6 rings (SSSR count). The third kappa shape index (κ3) is 4.90. The van der Waals surface area contributed by atoms with Gasteiger partial charge in [-0.3, -0.25) is 0 Å². The number of aryl methyl sites for hydroxylation is 1. The van der Waals surface area contributed by atoms with Crippen LogP contribution in [0.5, 0.6) is 5.75 Å². The first kappa shape index (κ1) is 30.6. The summed E-state index contributed by atoms with van der Waals surface area (Å²) in [5.74, 6) is -0.595. The van der Waals surface area contributed by atoms with E-state index in [1.54, 1.807) is 30.3 Å². The molecule has 0 aliphatic heterocycles. The van der Waals surface area contributed by atoms with Crippen molar-refractivity contribution in [3.05, 3.63) is 152 Å². The highest BCUT2D eigenvalue weighted by Crippen LogP contribution is 2.60. The SMILES string of the molecule is [C-]#[N+]/C(C#N)=C1C2=C(/C(=C(\C#N)[N+]#[C-])c3cc(-c4ccc([N+]#[C-])cc4OC(F)(F)F)ccc32)c2ccc(-c3ccc(C#N)cc3C)cc2\1. The van der Waals surface area contributed by atoms with Crippen molar-refractivity contribution in [3.8, 4) is 46.2 Å². The Bertz CT molecular complexity index is 2460. The monoisotopic (exact) mass is 628 g/mol. The molecule has 48 heavy (non-hydrogen) atoms.